The highest BCUT2D eigenvalue weighted by atomic mass is 16.6. The third kappa shape index (κ3) is 6.57. The number of benzene rings is 3. The van der Waals surface area contributed by atoms with Gasteiger partial charge in [0.25, 0.3) is 0 Å². The Balaban J connectivity index is 1.92. The van der Waals surface area contributed by atoms with Gasteiger partial charge in [-0.15, -0.1) is 0 Å². The summed E-state index contributed by atoms with van der Waals surface area (Å²) in [5, 5.41) is 19.8. The average molecular weight is 569 g/mol. The van der Waals surface area contributed by atoms with Crippen molar-refractivity contribution in [1.82, 2.24) is 20.1 Å². The number of aromatic nitrogens is 3. The van der Waals surface area contributed by atoms with Crippen molar-refractivity contribution in [2.75, 3.05) is 0 Å². The van der Waals surface area contributed by atoms with Crippen LogP contribution in [0.25, 0.3) is 0 Å². The molecule has 42 heavy (non-hydrogen) atoms. The van der Waals surface area contributed by atoms with Crippen LogP contribution in [-0.2, 0) is 10.3 Å². The molecule has 7 nitrogen and oxygen atoms in total. The fraction of sp³-hybridized carbons (Fsp3) is 0.400. The molecular weight excluding hydrogens is 524 g/mol. The van der Waals surface area contributed by atoms with E-state index in [1.165, 1.54) is 0 Å². The van der Waals surface area contributed by atoms with E-state index in [4.69, 9.17) is 14.8 Å². The van der Waals surface area contributed by atoms with Crippen LogP contribution in [0.4, 0.5) is 4.79 Å². The zero-order valence-electron chi connectivity index (χ0n) is 25.7. The van der Waals surface area contributed by atoms with Gasteiger partial charge < -0.3 is 15.2 Å². The predicted octanol–water partition coefficient (Wildman–Crippen LogP) is 6.97. The summed E-state index contributed by atoms with van der Waals surface area (Å²) in [7, 11) is 0. The van der Waals surface area contributed by atoms with Gasteiger partial charge in [0.2, 0.25) is 0 Å². The van der Waals surface area contributed by atoms with Gasteiger partial charge >= 0.3 is 6.09 Å². The molecule has 0 aliphatic rings. The number of hydrogen-bond donors (Lipinski definition) is 2. The first kappa shape index (κ1) is 31.0. The van der Waals surface area contributed by atoms with E-state index in [0.717, 1.165) is 16.7 Å². The first-order chi connectivity index (χ1) is 19.9. The van der Waals surface area contributed by atoms with Gasteiger partial charge in [0, 0.05) is 0 Å². The maximum Gasteiger partial charge on any atom is 0.408 e. The van der Waals surface area contributed by atoms with E-state index in [2.05, 4.69) is 69.4 Å². The Morgan fingerprint density at radius 3 is 1.60 bits per heavy atom. The van der Waals surface area contributed by atoms with Crippen LogP contribution in [0, 0.1) is 17.8 Å². The van der Waals surface area contributed by atoms with Crippen LogP contribution >= 0.6 is 0 Å². The molecule has 3 aromatic carbocycles. The molecule has 1 amide bonds. The third-order valence-corrected chi connectivity index (χ3v) is 7.65. The van der Waals surface area contributed by atoms with Gasteiger partial charge in [-0.1, -0.05) is 119 Å². The standard InChI is InChI=1S/C35H44N4O3/c1-24(2)29(25(3)4)31(40)30(37-33(41)42-34(5,6)7)32-36-23-39(38-32)35(26-17-11-8-12-18-26,27-19-13-9-14-20-27)28-21-15-10-16-22-28/h8-25,29-31,40H,1-7H3,(H,37,41). The highest BCUT2D eigenvalue weighted by Gasteiger charge is 2.42. The highest BCUT2D eigenvalue weighted by molar-refractivity contribution is 5.68. The van der Waals surface area contributed by atoms with Gasteiger partial charge in [-0.25, -0.2) is 14.5 Å². The molecule has 4 aromatic rings. The summed E-state index contributed by atoms with van der Waals surface area (Å²) >= 11 is 0. The minimum Gasteiger partial charge on any atom is -0.444 e. The minimum absolute atomic E-state index is 0.126. The molecule has 0 aliphatic heterocycles. The molecule has 2 N–H and O–H groups in total. The van der Waals surface area contributed by atoms with Crippen molar-refractivity contribution in [3.63, 3.8) is 0 Å². The van der Waals surface area contributed by atoms with Crippen molar-refractivity contribution >= 4 is 6.09 Å². The number of hydrogen-bond acceptors (Lipinski definition) is 5. The molecular formula is C35H44N4O3. The zero-order valence-corrected chi connectivity index (χ0v) is 25.7. The fourth-order valence-corrected chi connectivity index (χ4v) is 6.03. The second kappa shape index (κ2) is 12.9. The lowest BCUT2D eigenvalue weighted by atomic mass is 9.77. The van der Waals surface area contributed by atoms with Crippen LogP contribution in [0.1, 0.15) is 77.0 Å². The van der Waals surface area contributed by atoms with E-state index in [1.807, 2.05) is 80.1 Å². The van der Waals surface area contributed by atoms with Gasteiger partial charge in [0.05, 0.1) is 6.10 Å². The number of ether oxygens (including phenoxy) is 1. The van der Waals surface area contributed by atoms with Crippen LogP contribution in [0.2, 0.25) is 0 Å². The minimum atomic E-state index is -0.951. The number of amides is 1. The molecule has 0 saturated carbocycles. The molecule has 1 heterocycles. The summed E-state index contributed by atoms with van der Waals surface area (Å²) in [6.45, 7) is 13.7. The smallest absolute Gasteiger partial charge is 0.408 e. The summed E-state index contributed by atoms with van der Waals surface area (Å²) in [4.78, 5) is 17.8. The Kier molecular flexibility index (Phi) is 9.52. The maximum absolute atomic E-state index is 13.1. The van der Waals surface area contributed by atoms with Crippen LogP contribution in [-0.4, -0.2) is 37.7 Å². The summed E-state index contributed by atoms with van der Waals surface area (Å²) in [5.41, 5.74) is 1.42. The Morgan fingerprint density at radius 1 is 0.786 bits per heavy atom. The largest absolute Gasteiger partial charge is 0.444 e. The van der Waals surface area contributed by atoms with E-state index in [1.54, 1.807) is 6.33 Å². The summed E-state index contributed by atoms with van der Waals surface area (Å²) < 4.78 is 7.44. The average Bonchev–Trinajstić information content (AvgIpc) is 3.43. The zero-order chi connectivity index (χ0) is 30.5. The molecule has 2 atom stereocenters. The number of aliphatic hydroxyl groups excluding tert-OH is 1. The summed E-state index contributed by atoms with van der Waals surface area (Å²) in [6, 6.07) is 29.7. The van der Waals surface area contributed by atoms with Crippen molar-refractivity contribution in [2.24, 2.45) is 17.8 Å². The third-order valence-electron chi connectivity index (χ3n) is 7.65. The van der Waals surface area contributed by atoms with Gasteiger partial charge in [-0.2, -0.15) is 5.10 Å². The lowest BCUT2D eigenvalue weighted by molar-refractivity contribution is 0.00794. The molecule has 0 fully saturated rings. The summed E-state index contributed by atoms with van der Waals surface area (Å²) in [5.74, 6) is 0.495. The first-order valence-electron chi connectivity index (χ1n) is 14.7. The predicted molar refractivity (Wildman–Crippen MR) is 166 cm³/mol. The van der Waals surface area contributed by atoms with Crippen molar-refractivity contribution < 1.29 is 14.6 Å². The first-order valence-corrected chi connectivity index (χ1v) is 14.7. The number of nitrogens with zero attached hydrogens (tertiary/aromatic N) is 3. The SMILES string of the molecule is CC(C)C(C(C)C)C(O)C(NC(=O)OC(C)(C)C)c1ncn(C(c2ccccc2)(c2ccccc2)c2ccccc2)n1. The quantitative estimate of drug-likeness (QED) is 0.202. The Bertz CT molecular complexity index is 1310. The second-order valence-electron chi connectivity index (χ2n) is 12.5. The molecule has 0 radical (unpaired) electrons. The van der Waals surface area contributed by atoms with Crippen molar-refractivity contribution in [3.05, 3.63) is 120 Å². The van der Waals surface area contributed by atoms with E-state index >= 15 is 0 Å². The maximum atomic E-state index is 13.1. The van der Waals surface area contributed by atoms with Gasteiger partial charge in [0.1, 0.15) is 23.5 Å². The van der Waals surface area contributed by atoms with Crippen LogP contribution in [0.3, 0.4) is 0 Å². The van der Waals surface area contributed by atoms with E-state index in [9.17, 15) is 9.90 Å². The number of alkyl carbamates (subject to hydrolysis) is 1. The van der Waals surface area contributed by atoms with Gasteiger partial charge in [-0.3, -0.25) is 0 Å². The number of nitrogens with one attached hydrogen (secondary N) is 1. The van der Waals surface area contributed by atoms with Gasteiger partial charge in [0.15, 0.2) is 5.82 Å². The number of aliphatic hydroxyl groups is 1. The van der Waals surface area contributed by atoms with Crippen molar-refractivity contribution in [3.8, 4) is 0 Å². The normalized spacial score (nSPS) is 13.8. The number of carbonyl (C=O) groups excluding carboxylic acids is 1. The Labute approximate surface area is 250 Å². The molecule has 4 rings (SSSR count). The van der Waals surface area contributed by atoms with Crippen molar-refractivity contribution in [2.45, 2.75) is 71.8 Å². The van der Waals surface area contributed by atoms with Gasteiger partial charge in [-0.05, 0) is 55.2 Å². The molecule has 1 aromatic heterocycles. The molecule has 0 bridgehead atoms. The topological polar surface area (TPSA) is 89.3 Å². The van der Waals surface area contributed by atoms with E-state index in [0.29, 0.717) is 5.82 Å². The Hall–Kier alpha value is -3.97. The second-order valence-corrected chi connectivity index (χ2v) is 12.5. The van der Waals surface area contributed by atoms with Crippen LogP contribution < -0.4 is 5.32 Å². The lowest BCUT2D eigenvalue weighted by Gasteiger charge is -2.36. The molecule has 7 heteroatoms. The fourth-order valence-electron chi connectivity index (χ4n) is 6.03. The molecule has 0 spiro atoms. The molecule has 2 unspecified atom stereocenters. The molecule has 0 saturated heterocycles. The summed E-state index contributed by atoms with van der Waals surface area (Å²) in [6.07, 6.45) is 0.112. The van der Waals surface area contributed by atoms with Crippen LogP contribution in [0.15, 0.2) is 97.3 Å². The van der Waals surface area contributed by atoms with E-state index < -0.39 is 29.4 Å². The van der Waals surface area contributed by atoms with Crippen LogP contribution in [0.5, 0.6) is 0 Å². The van der Waals surface area contributed by atoms with Crippen molar-refractivity contribution in [1.29, 1.82) is 0 Å². The highest BCUT2D eigenvalue weighted by Crippen LogP contribution is 2.40. The Morgan fingerprint density at radius 2 is 1.21 bits per heavy atom. The molecule has 0 aliphatic carbocycles. The lowest BCUT2D eigenvalue weighted by Crippen LogP contribution is -2.45. The van der Waals surface area contributed by atoms with E-state index in [-0.39, 0.29) is 17.8 Å². The molecule has 222 valence electrons. The number of rotatable bonds is 10. The number of carbonyl (C=O) groups is 1. The monoisotopic (exact) mass is 568 g/mol.